The Morgan fingerprint density at radius 1 is 1.28 bits per heavy atom. The van der Waals surface area contributed by atoms with E-state index in [9.17, 15) is 18.7 Å². The van der Waals surface area contributed by atoms with Crippen LogP contribution in [-0.4, -0.2) is 57.9 Å². The van der Waals surface area contributed by atoms with Crippen LogP contribution in [0.1, 0.15) is 43.5 Å². The minimum Gasteiger partial charge on any atom is -0.480 e. The lowest BCUT2D eigenvalue weighted by Gasteiger charge is -2.30. The molecule has 0 saturated carbocycles. The highest BCUT2D eigenvalue weighted by molar-refractivity contribution is 6.30. The van der Waals surface area contributed by atoms with Crippen LogP contribution in [0.4, 0.5) is 14.6 Å². The fourth-order valence-corrected chi connectivity index (χ4v) is 5.71. The highest BCUT2D eigenvalue weighted by atomic mass is 35.5. The number of anilines is 1. The van der Waals surface area contributed by atoms with Gasteiger partial charge in [0.05, 0.1) is 11.6 Å². The molecule has 4 aromatic rings. The van der Waals surface area contributed by atoms with E-state index in [1.165, 1.54) is 11.1 Å². The number of aliphatic carboxylic acids is 1. The Hall–Kier alpha value is -3.57. The summed E-state index contributed by atoms with van der Waals surface area (Å²) in [5.74, 6) is -1.15. The molecule has 204 valence electrons. The predicted octanol–water partition coefficient (Wildman–Crippen LogP) is 5.61. The number of aromatic nitrogens is 3. The molecule has 0 bridgehead atoms. The number of furan rings is 1. The number of hydrogen-bond donors (Lipinski definition) is 1. The third-order valence-corrected chi connectivity index (χ3v) is 7.60. The first-order valence-corrected chi connectivity index (χ1v) is 13.0. The van der Waals surface area contributed by atoms with Gasteiger partial charge in [-0.2, -0.15) is 0 Å². The predicted molar refractivity (Wildman–Crippen MR) is 139 cm³/mol. The van der Waals surface area contributed by atoms with Crippen molar-refractivity contribution in [2.75, 3.05) is 24.7 Å². The summed E-state index contributed by atoms with van der Waals surface area (Å²) in [6.07, 6.45) is -1.23. The summed E-state index contributed by atoms with van der Waals surface area (Å²) in [5, 5.41) is 11.1. The normalized spacial score (nSPS) is 23.7. The maximum Gasteiger partial charge on any atom is 0.326 e. The van der Waals surface area contributed by atoms with Crippen LogP contribution in [0.3, 0.4) is 0 Å². The Bertz CT molecular complexity index is 1550. The monoisotopic (exact) mass is 558 g/mol. The van der Waals surface area contributed by atoms with E-state index in [1.807, 2.05) is 6.07 Å². The third kappa shape index (κ3) is 4.74. The van der Waals surface area contributed by atoms with Crippen LogP contribution >= 0.6 is 11.6 Å². The lowest BCUT2D eigenvalue weighted by molar-refractivity contribution is -0.138. The van der Waals surface area contributed by atoms with Gasteiger partial charge in [-0.15, -0.1) is 0 Å². The molecule has 0 amide bonds. The first-order valence-electron chi connectivity index (χ1n) is 12.7. The van der Waals surface area contributed by atoms with Crippen molar-refractivity contribution in [1.82, 2.24) is 15.0 Å². The van der Waals surface area contributed by atoms with E-state index in [1.54, 1.807) is 24.3 Å². The van der Waals surface area contributed by atoms with Crippen molar-refractivity contribution in [1.29, 1.82) is 0 Å². The number of alkyl halides is 2. The number of nitrogens with zero attached hydrogens (tertiary/aromatic N) is 4. The van der Waals surface area contributed by atoms with E-state index in [0.29, 0.717) is 35.1 Å². The van der Waals surface area contributed by atoms with Crippen molar-refractivity contribution in [3.63, 3.8) is 0 Å². The first-order chi connectivity index (χ1) is 18.8. The van der Waals surface area contributed by atoms with Gasteiger partial charge in [0, 0.05) is 36.8 Å². The molecule has 2 aliphatic rings. The lowest BCUT2D eigenvalue weighted by atomic mass is 9.84. The number of halogens is 3. The molecule has 2 unspecified atom stereocenters. The van der Waals surface area contributed by atoms with Crippen LogP contribution in [0.15, 0.2) is 40.9 Å². The topological polar surface area (TPSA) is 111 Å². The number of para-hydroxylation sites is 1. The molecular formula is C27H25ClF2N4O5. The average molecular weight is 559 g/mol. The van der Waals surface area contributed by atoms with Gasteiger partial charge in [0.2, 0.25) is 5.88 Å². The molecule has 2 saturated heterocycles. The van der Waals surface area contributed by atoms with Gasteiger partial charge >= 0.3 is 5.97 Å². The molecule has 3 aromatic heterocycles. The number of rotatable bonds is 6. The van der Waals surface area contributed by atoms with Crippen molar-refractivity contribution in [3.05, 3.63) is 52.9 Å². The van der Waals surface area contributed by atoms with Crippen LogP contribution in [0.5, 0.6) is 5.88 Å². The lowest BCUT2D eigenvalue weighted by Crippen LogP contribution is -2.37. The SMILES string of the molecule is C[C@@H]1COCCC1c1cc(Cl)cnc1OC1C[C@@H](C(=O)O)N(c2nc(C(F)F)nc3c2oc2ccccc23)C1. The molecule has 1 N–H and O–H groups in total. The number of fused-ring (bicyclic) bond motifs is 3. The number of hydrogen-bond acceptors (Lipinski definition) is 8. The summed E-state index contributed by atoms with van der Waals surface area (Å²) in [7, 11) is 0. The Balaban J connectivity index is 1.38. The minimum atomic E-state index is -2.96. The van der Waals surface area contributed by atoms with Gasteiger partial charge < -0.3 is 23.9 Å². The summed E-state index contributed by atoms with van der Waals surface area (Å²) >= 11 is 6.28. The number of benzene rings is 1. The highest BCUT2D eigenvalue weighted by Crippen LogP contribution is 2.40. The zero-order valence-electron chi connectivity index (χ0n) is 20.9. The van der Waals surface area contributed by atoms with E-state index in [2.05, 4.69) is 21.9 Å². The molecule has 0 aliphatic carbocycles. The van der Waals surface area contributed by atoms with Gasteiger partial charge in [-0.3, -0.25) is 0 Å². The zero-order valence-corrected chi connectivity index (χ0v) is 21.6. The minimum absolute atomic E-state index is 0.00709. The van der Waals surface area contributed by atoms with E-state index >= 15 is 0 Å². The Morgan fingerprint density at radius 3 is 2.87 bits per heavy atom. The van der Waals surface area contributed by atoms with Crippen molar-refractivity contribution in [3.8, 4) is 5.88 Å². The molecule has 0 radical (unpaired) electrons. The molecule has 2 fully saturated rings. The number of carboxylic acid groups (broad SMARTS) is 1. The number of ether oxygens (including phenoxy) is 2. The average Bonchev–Trinajstić information content (AvgIpc) is 3.51. The summed E-state index contributed by atoms with van der Waals surface area (Å²) in [6, 6.07) is 7.64. The highest BCUT2D eigenvalue weighted by Gasteiger charge is 2.42. The third-order valence-electron chi connectivity index (χ3n) is 7.40. The molecule has 6 rings (SSSR count). The van der Waals surface area contributed by atoms with Crippen molar-refractivity contribution >= 4 is 45.5 Å². The molecule has 0 spiro atoms. The smallest absolute Gasteiger partial charge is 0.326 e. The quantitative estimate of drug-likeness (QED) is 0.322. The van der Waals surface area contributed by atoms with Crippen LogP contribution in [0, 0.1) is 5.92 Å². The maximum absolute atomic E-state index is 13.8. The summed E-state index contributed by atoms with van der Waals surface area (Å²) in [6.45, 7) is 3.35. The zero-order chi connectivity index (χ0) is 27.3. The molecular weight excluding hydrogens is 534 g/mol. The van der Waals surface area contributed by atoms with E-state index < -0.39 is 30.4 Å². The standard InChI is InChI=1S/C27H25ClF2N4O5/c1-13-12-37-7-6-16(13)18-8-14(28)10-31-26(18)38-15-9-19(27(35)36)34(11-15)25-22-21(32-24(33-25)23(29)30)17-4-2-3-5-20(17)39-22/h2-5,8,10,13,15-16,19,23H,6-7,9,11-12H2,1H3,(H,35,36)/t13-,15?,16?,19+/m1/s1. The fraction of sp³-hybridized carbons (Fsp3) is 0.407. The molecule has 12 heteroatoms. The molecule has 5 heterocycles. The Labute approximate surface area is 226 Å². The van der Waals surface area contributed by atoms with Crippen LogP contribution in [0.25, 0.3) is 22.1 Å². The van der Waals surface area contributed by atoms with Gasteiger partial charge in [0.25, 0.3) is 6.43 Å². The van der Waals surface area contributed by atoms with Crippen molar-refractivity contribution in [2.24, 2.45) is 5.92 Å². The number of pyridine rings is 1. The van der Waals surface area contributed by atoms with E-state index in [4.69, 9.17) is 25.5 Å². The molecule has 39 heavy (non-hydrogen) atoms. The second-order valence-corrected chi connectivity index (χ2v) is 10.4. The van der Waals surface area contributed by atoms with E-state index in [-0.39, 0.29) is 41.7 Å². The van der Waals surface area contributed by atoms with Gasteiger partial charge in [0.1, 0.15) is 23.2 Å². The number of carboxylic acids is 1. The van der Waals surface area contributed by atoms with Crippen LogP contribution in [-0.2, 0) is 9.53 Å². The van der Waals surface area contributed by atoms with Gasteiger partial charge in [-0.05, 0) is 36.5 Å². The second-order valence-electron chi connectivity index (χ2n) is 9.96. The van der Waals surface area contributed by atoms with Crippen LogP contribution < -0.4 is 9.64 Å². The Kier molecular flexibility index (Phi) is 6.72. The first kappa shape index (κ1) is 25.7. The van der Waals surface area contributed by atoms with Gasteiger partial charge in [-0.1, -0.05) is 30.7 Å². The molecule has 2 aliphatic heterocycles. The largest absolute Gasteiger partial charge is 0.480 e. The van der Waals surface area contributed by atoms with Crippen LogP contribution in [0.2, 0.25) is 5.02 Å². The van der Waals surface area contributed by atoms with Crippen molar-refractivity contribution in [2.45, 2.75) is 44.3 Å². The van der Waals surface area contributed by atoms with Gasteiger partial charge in [0.15, 0.2) is 17.2 Å². The second kappa shape index (κ2) is 10.2. The Morgan fingerprint density at radius 2 is 2.10 bits per heavy atom. The summed E-state index contributed by atoms with van der Waals surface area (Å²) in [4.78, 5) is 26.3. The molecule has 1 aromatic carbocycles. The van der Waals surface area contributed by atoms with Crippen molar-refractivity contribution < 1.29 is 32.6 Å². The molecule has 4 atom stereocenters. The van der Waals surface area contributed by atoms with Gasteiger partial charge in [-0.25, -0.2) is 28.5 Å². The van der Waals surface area contributed by atoms with E-state index in [0.717, 1.165) is 12.0 Å². The summed E-state index contributed by atoms with van der Waals surface area (Å²) < 4.78 is 45.5. The maximum atomic E-state index is 13.8. The molecule has 9 nitrogen and oxygen atoms in total. The number of carbonyl (C=O) groups is 1. The fourth-order valence-electron chi connectivity index (χ4n) is 5.54. The summed E-state index contributed by atoms with van der Waals surface area (Å²) in [5.41, 5.74) is 1.63.